The smallest absolute Gasteiger partial charge is 0.337 e. The van der Waals surface area contributed by atoms with Crippen molar-refractivity contribution >= 4 is 30.1 Å². The monoisotopic (exact) mass is 489 g/mol. The highest BCUT2D eigenvalue weighted by molar-refractivity contribution is 7.51. The molecule has 1 aromatic carbocycles. The van der Waals surface area contributed by atoms with Crippen LogP contribution in [0.25, 0.3) is 10.9 Å². The second kappa shape index (κ2) is 9.48. The molecule has 2 aromatic rings. The van der Waals surface area contributed by atoms with E-state index in [0.717, 1.165) is 44.4 Å². The van der Waals surface area contributed by atoms with E-state index in [2.05, 4.69) is 5.32 Å². The van der Waals surface area contributed by atoms with E-state index in [1.165, 1.54) is 16.0 Å². The standard InChI is InChI=1S/C21H27F3N3O5P/c1-12(2)27-10-15(20(29)26-21(23,24)11-33(30,31)32)19(28)14-8-16(22)17(9-18(14)27)25-13-6-4-3-5-7-13/h8-10,12-13,25H,3-7,11H2,1-2H3,(H,26,29)(H2,30,31,32). The van der Waals surface area contributed by atoms with Crippen molar-refractivity contribution in [2.24, 2.45) is 0 Å². The van der Waals surface area contributed by atoms with Crippen molar-refractivity contribution in [2.45, 2.75) is 64.1 Å². The van der Waals surface area contributed by atoms with Crippen LogP contribution in [0.15, 0.2) is 23.1 Å². The third kappa shape index (κ3) is 6.16. The first kappa shape index (κ1) is 25.3. The number of benzene rings is 1. The minimum Gasteiger partial charge on any atom is -0.380 e. The molecular weight excluding hydrogens is 462 g/mol. The van der Waals surface area contributed by atoms with Crippen molar-refractivity contribution in [1.82, 2.24) is 9.88 Å². The van der Waals surface area contributed by atoms with Crippen LogP contribution < -0.4 is 16.1 Å². The summed E-state index contributed by atoms with van der Waals surface area (Å²) >= 11 is 0. The average Bonchev–Trinajstić information content (AvgIpc) is 2.67. The van der Waals surface area contributed by atoms with Crippen LogP contribution in [0.1, 0.15) is 62.4 Å². The Morgan fingerprint density at radius 1 is 1.24 bits per heavy atom. The zero-order chi connectivity index (χ0) is 24.6. The number of nitrogens with one attached hydrogen (secondary N) is 2. The predicted octanol–water partition coefficient (Wildman–Crippen LogP) is 3.97. The van der Waals surface area contributed by atoms with Crippen molar-refractivity contribution in [3.8, 4) is 0 Å². The molecule has 1 heterocycles. The van der Waals surface area contributed by atoms with Crippen LogP contribution in [-0.4, -0.2) is 38.5 Å². The van der Waals surface area contributed by atoms with E-state index >= 15 is 0 Å². The predicted molar refractivity (Wildman–Crippen MR) is 118 cm³/mol. The molecule has 3 rings (SSSR count). The SMILES string of the molecule is CC(C)n1cc(C(=O)NC(F)(F)CP(=O)(O)O)c(=O)c2cc(F)c(NC3CCCCC3)cc21. The number of nitrogens with zero attached hydrogens (tertiary/aromatic N) is 1. The van der Waals surface area contributed by atoms with Crippen LogP contribution in [0, 0.1) is 5.82 Å². The van der Waals surface area contributed by atoms with Gasteiger partial charge in [0, 0.05) is 23.7 Å². The Morgan fingerprint density at radius 2 is 1.88 bits per heavy atom. The molecule has 1 aliphatic carbocycles. The van der Waals surface area contributed by atoms with Gasteiger partial charge in [-0.25, -0.2) is 4.39 Å². The molecule has 1 fully saturated rings. The molecule has 0 saturated heterocycles. The molecule has 33 heavy (non-hydrogen) atoms. The number of amides is 1. The molecule has 0 bridgehead atoms. The second-order valence-corrected chi connectivity index (χ2v) is 10.3. The van der Waals surface area contributed by atoms with E-state index in [4.69, 9.17) is 9.79 Å². The first-order valence-electron chi connectivity index (χ1n) is 10.7. The fourth-order valence-corrected chi connectivity index (χ4v) is 4.66. The van der Waals surface area contributed by atoms with Gasteiger partial charge in [0.1, 0.15) is 17.5 Å². The molecule has 12 heteroatoms. The zero-order valence-electron chi connectivity index (χ0n) is 18.3. The summed E-state index contributed by atoms with van der Waals surface area (Å²) < 4.78 is 55.1. The quantitative estimate of drug-likeness (QED) is 0.345. The van der Waals surface area contributed by atoms with Gasteiger partial charge >= 0.3 is 13.6 Å². The summed E-state index contributed by atoms with van der Waals surface area (Å²) in [6, 6.07) is -2.01. The third-order valence-electron chi connectivity index (χ3n) is 5.59. The largest absolute Gasteiger partial charge is 0.380 e. The van der Waals surface area contributed by atoms with Crippen LogP contribution in [0.4, 0.5) is 18.9 Å². The summed E-state index contributed by atoms with van der Waals surface area (Å²) in [5.41, 5.74) is -1.11. The van der Waals surface area contributed by atoms with Crippen molar-refractivity contribution in [3.05, 3.63) is 39.9 Å². The molecule has 0 radical (unpaired) electrons. The number of fused-ring (bicyclic) bond motifs is 1. The Hall–Kier alpha value is -2.36. The lowest BCUT2D eigenvalue weighted by molar-refractivity contribution is -0.00957. The lowest BCUT2D eigenvalue weighted by atomic mass is 9.95. The normalized spacial score (nSPS) is 15.8. The highest BCUT2D eigenvalue weighted by Gasteiger charge is 2.39. The lowest BCUT2D eigenvalue weighted by Crippen LogP contribution is -2.45. The van der Waals surface area contributed by atoms with Gasteiger partial charge in [-0.05, 0) is 38.8 Å². The second-order valence-electron chi connectivity index (χ2n) is 8.68. The van der Waals surface area contributed by atoms with Crippen LogP contribution in [-0.2, 0) is 4.57 Å². The summed E-state index contributed by atoms with van der Waals surface area (Å²) in [5.74, 6) is -2.22. The number of carbonyl (C=O) groups excluding carboxylic acids is 1. The van der Waals surface area contributed by atoms with E-state index in [9.17, 15) is 27.3 Å². The van der Waals surface area contributed by atoms with Crippen molar-refractivity contribution in [1.29, 1.82) is 0 Å². The van der Waals surface area contributed by atoms with E-state index in [1.54, 1.807) is 13.8 Å². The lowest BCUT2D eigenvalue weighted by Gasteiger charge is -2.25. The Bertz CT molecular complexity index is 1160. The Morgan fingerprint density at radius 3 is 2.45 bits per heavy atom. The maximum Gasteiger partial charge on any atom is 0.337 e. The number of hydrogen-bond donors (Lipinski definition) is 4. The summed E-state index contributed by atoms with van der Waals surface area (Å²) in [6.45, 7) is 3.48. The Balaban J connectivity index is 2.03. The molecule has 1 saturated carbocycles. The van der Waals surface area contributed by atoms with Crippen molar-refractivity contribution in [2.75, 3.05) is 11.5 Å². The highest BCUT2D eigenvalue weighted by Crippen LogP contribution is 2.39. The number of alkyl halides is 2. The first-order valence-corrected chi connectivity index (χ1v) is 12.5. The number of pyridine rings is 1. The summed E-state index contributed by atoms with van der Waals surface area (Å²) in [5, 5.41) is 4.21. The van der Waals surface area contributed by atoms with E-state index < -0.39 is 42.5 Å². The minimum atomic E-state index is -5.14. The Kier molecular flexibility index (Phi) is 7.26. The van der Waals surface area contributed by atoms with Crippen molar-refractivity contribution < 1.29 is 32.3 Å². The molecular formula is C21H27F3N3O5P. The van der Waals surface area contributed by atoms with Gasteiger partial charge in [0.2, 0.25) is 5.43 Å². The van der Waals surface area contributed by atoms with Gasteiger partial charge in [-0.2, -0.15) is 8.78 Å². The molecule has 0 atom stereocenters. The molecule has 1 aromatic heterocycles. The zero-order valence-corrected chi connectivity index (χ0v) is 19.2. The van der Waals surface area contributed by atoms with Crippen LogP contribution in [0.3, 0.4) is 0 Å². The number of carbonyl (C=O) groups is 1. The van der Waals surface area contributed by atoms with E-state index in [0.29, 0.717) is 5.52 Å². The van der Waals surface area contributed by atoms with Gasteiger partial charge in [-0.15, -0.1) is 0 Å². The fourth-order valence-electron chi connectivity index (χ4n) is 4.07. The Labute approximate surface area is 188 Å². The first-order chi connectivity index (χ1) is 15.3. The third-order valence-corrected chi connectivity index (χ3v) is 6.40. The maximum absolute atomic E-state index is 14.9. The molecule has 1 aliphatic rings. The fraction of sp³-hybridized carbons (Fsp3) is 0.524. The number of rotatable bonds is 7. The minimum absolute atomic E-state index is 0.103. The maximum atomic E-state index is 14.9. The van der Waals surface area contributed by atoms with Gasteiger partial charge in [-0.1, -0.05) is 19.3 Å². The molecule has 0 aliphatic heterocycles. The van der Waals surface area contributed by atoms with Crippen LogP contribution in [0.5, 0.6) is 0 Å². The molecule has 8 nitrogen and oxygen atoms in total. The molecule has 1 amide bonds. The molecule has 4 N–H and O–H groups in total. The van der Waals surface area contributed by atoms with Gasteiger partial charge < -0.3 is 19.7 Å². The molecule has 0 spiro atoms. The number of aromatic nitrogens is 1. The topological polar surface area (TPSA) is 121 Å². The van der Waals surface area contributed by atoms with Gasteiger partial charge in [0.15, 0.2) is 0 Å². The van der Waals surface area contributed by atoms with Gasteiger partial charge in [0.25, 0.3) is 5.91 Å². The summed E-state index contributed by atoms with van der Waals surface area (Å²) in [7, 11) is -5.14. The highest BCUT2D eigenvalue weighted by atomic mass is 31.2. The molecule has 182 valence electrons. The van der Waals surface area contributed by atoms with Crippen LogP contribution >= 0.6 is 7.60 Å². The van der Waals surface area contributed by atoms with Crippen molar-refractivity contribution in [3.63, 3.8) is 0 Å². The summed E-state index contributed by atoms with van der Waals surface area (Å²) in [6.07, 6.45) is 4.18. The van der Waals surface area contributed by atoms with E-state index in [-0.39, 0.29) is 23.2 Å². The molecule has 0 unspecified atom stereocenters. The summed E-state index contributed by atoms with van der Waals surface area (Å²) in [4.78, 5) is 42.9. The van der Waals surface area contributed by atoms with Crippen LogP contribution in [0.2, 0.25) is 0 Å². The number of hydrogen-bond acceptors (Lipinski definition) is 4. The number of halogens is 3. The number of anilines is 1. The van der Waals surface area contributed by atoms with E-state index in [1.807, 2.05) is 0 Å². The van der Waals surface area contributed by atoms with Gasteiger partial charge in [-0.3, -0.25) is 19.5 Å². The average molecular weight is 489 g/mol. The van der Waals surface area contributed by atoms with Gasteiger partial charge in [0.05, 0.1) is 11.2 Å².